The van der Waals surface area contributed by atoms with Gasteiger partial charge in [0.15, 0.2) is 0 Å². The van der Waals surface area contributed by atoms with Crippen LogP contribution in [-0.2, 0) is 4.79 Å². The minimum absolute atomic E-state index is 0.383. The van der Waals surface area contributed by atoms with Crippen molar-refractivity contribution in [2.45, 2.75) is 137 Å². The van der Waals surface area contributed by atoms with Gasteiger partial charge in [-0.1, -0.05) is 98.1 Å². The van der Waals surface area contributed by atoms with Crippen molar-refractivity contribution in [2.24, 2.45) is 11.8 Å². The maximum Gasteiger partial charge on any atom is 0.222 e. The van der Waals surface area contributed by atoms with Gasteiger partial charge in [0.05, 0.1) is 0 Å². The zero-order valence-corrected chi connectivity index (χ0v) is 21.4. The number of rotatable bonds is 21. The molecule has 0 saturated heterocycles. The van der Waals surface area contributed by atoms with E-state index in [1.807, 2.05) is 0 Å². The van der Waals surface area contributed by atoms with Crippen LogP contribution in [0.2, 0.25) is 0 Å². The van der Waals surface area contributed by atoms with Crippen LogP contribution in [0.25, 0.3) is 0 Å². The van der Waals surface area contributed by atoms with Crippen LogP contribution >= 0.6 is 0 Å². The largest absolute Gasteiger partial charge is 0.343 e. The third-order valence-corrected chi connectivity index (χ3v) is 5.96. The average molecular weight is 422 g/mol. The highest BCUT2D eigenvalue weighted by Gasteiger charge is 2.14. The van der Waals surface area contributed by atoms with Gasteiger partial charge in [-0.05, 0) is 56.8 Å². The van der Waals surface area contributed by atoms with Crippen LogP contribution in [-0.4, -0.2) is 23.9 Å². The third kappa shape index (κ3) is 20.5. The minimum atomic E-state index is 0.383. The first-order chi connectivity index (χ1) is 14.5. The zero-order chi connectivity index (χ0) is 22.5. The van der Waals surface area contributed by atoms with Crippen LogP contribution in [0, 0.1) is 11.8 Å². The van der Waals surface area contributed by atoms with Gasteiger partial charge in [0.25, 0.3) is 0 Å². The molecule has 0 heterocycles. The van der Waals surface area contributed by atoms with E-state index in [0.717, 1.165) is 38.8 Å². The predicted octanol–water partition coefficient (Wildman–Crippen LogP) is 8.94. The Morgan fingerprint density at radius 2 is 1.10 bits per heavy atom. The molecule has 0 aromatic heterocycles. The Bertz CT molecular complexity index is 387. The molecule has 178 valence electrons. The van der Waals surface area contributed by atoms with Crippen LogP contribution in [0.4, 0.5) is 0 Å². The topological polar surface area (TPSA) is 20.3 Å². The van der Waals surface area contributed by atoms with Gasteiger partial charge < -0.3 is 4.90 Å². The van der Waals surface area contributed by atoms with E-state index in [1.54, 1.807) is 0 Å². The smallest absolute Gasteiger partial charge is 0.222 e. The van der Waals surface area contributed by atoms with E-state index >= 15 is 0 Å². The Morgan fingerprint density at radius 3 is 1.57 bits per heavy atom. The molecular weight excluding hydrogens is 366 g/mol. The highest BCUT2D eigenvalue weighted by molar-refractivity contribution is 5.76. The molecule has 0 N–H and O–H groups in total. The second-order valence-corrected chi connectivity index (χ2v) is 10.1. The average Bonchev–Trinajstić information content (AvgIpc) is 2.70. The van der Waals surface area contributed by atoms with E-state index in [-0.39, 0.29) is 0 Å². The predicted molar refractivity (Wildman–Crippen MR) is 135 cm³/mol. The first kappa shape index (κ1) is 29.2. The van der Waals surface area contributed by atoms with Crippen molar-refractivity contribution in [3.63, 3.8) is 0 Å². The molecule has 0 aliphatic carbocycles. The zero-order valence-electron chi connectivity index (χ0n) is 21.4. The molecule has 0 fully saturated rings. The van der Waals surface area contributed by atoms with Crippen molar-refractivity contribution in [1.29, 1.82) is 0 Å². The lowest BCUT2D eigenvalue weighted by molar-refractivity contribution is -0.131. The number of carbonyl (C=O) groups excluding carboxylic acids is 1. The number of hydrogen-bond donors (Lipinski definition) is 0. The van der Waals surface area contributed by atoms with Gasteiger partial charge in [0.2, 0.25) is 5.91 Å². The van der Waals surface area contributed by atoms with Crippen molar-refractivity contribution < 1.29 is 4.79 Å². The SMILES string of the molecule is CCCCCCCCC=CCCCCCCCC(=O)N(CCC(C)C)CCC(C)C. The number of amides is 1. The van der Waals surface area contributed by atoms with Crippen molar-refractivity contribution in [1.82, 2.24) is 4.90 Å². The van der Waals surface area contributed by atoms with E-state index in [0.29, 0.717) is 17.7 Å². The molecule has 0 aliphatic heterocycles. The lowest BCUT2D eigenvalue weighted by Gasteiger charge is -2.24. The number of nitrogens with zero attached hydrogens (tertiary/aromatic N) is 1. The maximum absolute atomic E-state index is 12.6. The summed E-state index contributed by atoms with van der Waals surface area (Å²) >= 11 is 0. The number of hydrogen-bond acceptors (Lipinski definition) is 1. The Hall–Kier alpha value is -0.790. The summed E-state index contributed by atoms with van der Waals surface area (Å²) in [6, 6.07) is 0. The van der Waals surface area contributed by atoms with Crippen molar-refractivity contribution >= 4 is 5.91 Å². The molecule has 0 bridgehead atoms. The quantitative estimate of drug-likeness (QED) is 0.134. The summed E-state index contributed by atoms with van der Waals surface area (Å²) in [5.41, 5.74) is 0. The summed E-state index contributed by atoms with van der Waals surface area (Å²) in [6.45, 7) is 13.1. The van der Waals surface area contributed by atoms with Gasteiger partial charge in [-0.15, -0.1) is 0 Å². The summed E-state index contributed by atoms with van der Waals surface area (Å²) < 4.78 is 0. The molecule has 0 aromatic carbocycles. The van der Waals surface area contributed by atoms with Crippen LogP contribution in [0.3, 0.4) is 0 Å². The van der Waals surface area contributed by atoms with E-state index in [4.69, 9.17) is 0 Å². The van der Waals surface area contributed by atoms with E-state index in [1.165, 1.54) is 77.0 Å². The molecule has 2 heteroatoms. The highest BCUT2D eigenvalue weighted by Crippen LogP contribution is 2.13. The molecule has 0 spiro atoms. The second kappa shape index (κ2) is 21.4. The minimum Gasteiger partial charge on any atom is -0.343 e. The fourth-order valence-electron chi connectivity index (χ4n) is 3.69. The van der Waals surface area contributed by atoms with Crippen LogP contribution in [0.15, 0.2) is 12.2 Å². The Balaban J connectivity index is 3.67. The number of unbranched alkanes of at least 4 members (excludes halogenated alkanes) is 11. The fraction of sp³-hybridized carbons (Fsp3) is 0.893. The molecule has 1 amide bonds. The van der Waals surface area contributed by atoms with Gasteiger partial charge in [0.1, 0.15) is 0 Å². The summed E-state index contributed by atoms with van der Waals surface area (Å²) in [6.07, 6.45) is 24.7. The molecule has 0 saturated carbocycles. The molecule has 0 aromatic rings. The van der Waals surface area contributed by atoms with E-state index < -0.39 is 0 Å². The van der Waals surface area contributed by atoms with Gasteiger partial charge >= 0.3 is 0 Å². The van der Waals surface area contributed by atoms with Gasteiger partial charge in [0, 0.05) is 19.5 Å². The van der Waals surface area contributed by atoms with Crippen molar-refractivity contribution in [3.05, 3.63) is 12.2 Å². The molecule has 30 heavy (non-hydrogen) atoms. The second-order valence-electron chi connectivity index (χ2n) is 10.1. The highest BCUT2D eigenvalue weighted by atomic mass is 16.2. The van der Waals surface area contributed by atoms with Crippen LogP contribution in [0.1, 0.15) is 137 Å². The molecule has 0 rings (SSSR count). The van der Waals surface area contributed by atoms with Crippen molar-refractivity contribution in [3.8, 4) is 0 Å². The van der Waals surface area contributed by atoms with Crippen LogP contribution in [0.5, 0.6) is 0 Å². The van der Waals surface area contributed by atoms with Crippen LogP contribution < -0.4 is 0 Å². The Labute approximate surface area is 190 Å². The van der Waals surface area contributed by atoms with E-state index in [9.17, 15) is 4.79 Å². The molecule has 2 nitrogen and oxygen atoms in total. The van der Waals surface area contributed by atoms with Crippen molar-refractivity contribution in [2.75, 3.05) is 13.1 Å². The van der Waals surface area contributed by atoms with Gasteiger partial charge in [-0.3, -0.25) is 4.79 Å². The molecule has 0 radical (unpaired) electrons. The monoisotopic (exact) mass is 421 g/mol. The van der Waals surface area contributed by atoms with E-state index in [2.05, 4.69) is 51.7 Å². The Morgan fingerprint density at radius 1 is 0.667 bits per heavy atom. The normalized spacial score (nSPS) is 11.8. The summed E-state index contributed by atoms with van der Waals surface area (Å²) in [5.74, 6) is 1.72. The Kier molecular flexibility index (Phi) is 20.9. The fourth-order valence-corrected chi connectivity index (χ4v) is 3.69. The molecule has 0 unspecified atom stereocenters. The summed E-state index contributed by atoms with van der Waals surface area (Å²) in [5, 5.41) is 0. The lowest BCUT2D eigenvalue weighted by Crippen LogP contribution is -2.34. The molecule has 0 atom stereocenters. The first-order valence-electron chi connectivity index (χ1n) is 13.4. The number of allylic oxidation sites excluding steroid dienone is 2. The lowest BCUT2D eigenvalue weighted by atomic mass is 10.1. The summed E-state index contributed by atoms with van der Waals surface area (Å²) in [7, 11) is 0. The maximum atomic E-state index is 12.6. The number of carbonyl (C=O) groups is 1. The third-order valence-electron chi connectivity index (χ3n) is 5.96. The standard InChI is InChI=1S/C28H55NO/c1-6-7-8-9-10-11-12-13-14-15-16-17-18-19-20-21-28(30)29(24-22-26(2)3)25-23-27(4)5/h13-14,26-27H,6-12,15-25H2,1-5H3. The summed E-state index contributed by atoms with van der Waals surface area (Å²) in [4.78, 5) is 14.8. The van der Waals surface area contributed by atoms with Gasteiger partial charge in [-0.25, -0.2) is 0 Å². The first-order valence-corrected chi connectivity index (χ1v) is 13.4. The van der Waals surface area contributed by atoms with Gasteiger partial charge in [-0.2, -0.15) is 0 Å². The molecule has 0 aliphatic rings. The molecular formula is C28H55NO.